The van der Waals surface area contributed by atoms with Gasteiger partial charge in [0, 0.05) is 5.41 Å². The Balaban J connectivity index is 2.05. The normalized spacial score (nSPS) is 18.3. The van der Waals surface area contributed by atoms with Crippen molar-refractivity contribution in [3.8, 4) is 11.5 Å². The van der Waals surface area contributed by atoms with E-state index in [0.29, 0.717) is 12.4 Å². The summed E-state index contributed by atoms with van der Waals surface area (Å²) in [7, 11) is 0. The van der Waals surface area contributed by atoms with Gasteiger partial charge >= 0.3 is 6.36 Å². The van der Waals surface area contributed by atoms with Crippen LogP contribution >= 0.6 is 12.6 Å². The van der Waals surface area contributed by atoms with Gasteiger partial charge in [-0.1, -0.05) is 31.4 Å². The predicted octanol–water partition coefficient (Wildman–Crippen LogP) is 4.84. The molecule has 1 aromatic rings. The maximum Gasteiger partial charge on any atom is 0.573 e. The summed E-state index contributed by atoms with van der Waals surface area (Å²) in [6.45, 7) is 0.370. The zero-order chi connectivity index (χ0) is 15.3. The fourth-order valence-electron chi connectivity index (χ4n) is 2.66. The third-order valence-corrected chi connectivity index (χ3v) is 4.53. The lowest BCUT2D eigenvalue weighted by molar-refractivity contribution is -0.275. The van der Waals surface area contributed by atoms with E-state index in [2.05, 4.69) is 17.4 Å². The van der Waals surface area contributed by atoms with Gasteiger partial charge in [0.25, 0.3) is 0 Å². The van der Waals surface area contributed by atoms with Crippen molar-refractivity contribution < 1.29 is 22.6 Å². The first-order chi connectivity index (χ1) is 9.94. The summed E-state index contributed by atoms with van der Waals surface area (Å²) in [4.78, 5) is 0. The highest BCUT2D eigenvalue weighted by atomic mass is 32.1. The summed E-state index contributed by atoms with van der Waals surface area (Å²) in [6, 6.07) is 5.88. The van der Waals surface area contributed by atoms with Gasteiger partial charge in [-0.3, -0.25) is 0 Å². The number of hydrogen-bond acceptors (Lipinski definition) is 3. The number of hydrogen-bond donors (Lipinski definition) is 1. The van der Waals surface area contributed by atoms with Crippen LogP contribution in [0.5, 0.6) is 11.5 Å². The van der Waals surface area contributed by atoms with E-state index in [0.717, 1.165) is 25.7 Å². The van der Waals surface area contributed by atoms with Crippen LogP contribution in [0.1, 0.15) is 32.1 Å². The maximum atomic E-state index is 12.4. The molecule has 0 spiro atoms. The third kappa shape index (κ3) is 4.73. The fourth-order valence-corrected chi connectivity index (χ4v) is 3.07. The van der Waals surface area contributed by atoms with Crippen molar-refractivity contribution in [2.45, 2.75) is 38.5 Å². The lowest BCUT2D eigenvalue weighted by Gasteiger charge is -2.35. The molecule has 1 aromatic carbocycles. The molecule has 6 heteroatoms. The molecule has 1 aliphatic rings. The Morgan fingerprint density at radius 3 is 2.24 bits per heavy atom. The minimum Gasteiger partial charge on any atom is -0.489 e. The number of thiol groups is 1. The van der Waals surface area contributed by atoms with Crippen molar-refractivity contribution in [2.75, 3.05) is 12.4 Å². The summed E-state index contributed by atoms with van der Waals surface area (Å²) < 4.78 is 46.7. The highest BCUT2D eigenvalue weighted by Crippen LogP contribution is 2.39. The van der Waals surface area contributed by atoms with Crippen molar-refractivity contribution in [1.29, 1.82) is 0 Å². The van der Waals surface area contributed by atoms with Crippen LogP contribution in [-0.4, -0.2) is 18.7 Å². The van der Waals surface area contributed by atoms with Crippen LogP contribution in [0, 0.1) is 5.41 Å². The van der Waals surface area contributed by atoms with Crippen LogP contribution in [0.3, 0.4) is 0 Å². The largest absolute Gasteiger partial charge is 0.573 e. The molecule has 0 saturated heterocycles. The zero-order valence-electron chi connectivity index (χ0n) is 11.7. The quantitative estimate of drug-likeness (QED) is 0.782. The monoisotopic (exact) mass is 320 g/mol. The molecule has 1 saturated carbocycles. The smallest absolute Gasteiger partial charge is 0.489 e. The molecular formula is C15H19F3O2S. The number of para-hydroxylation sites is 2. The van der Waals surface area contributed by atoms with E-state index in [-0.39, 0.29) is 16.9 Å². The first kappa shape index (κ1) is 16.3. The van der Waals surface area contributed by atoms with Crippen LogP contribution < -0.4 is 9.47 Å². The first-order valence-electron chi connectivity index (χ1n) is 7.03. The summed E-state index contributed by atoms with van der Waals surface area (Å²) in [5, 5.41) is 0. The SMILES string of the molecule is FC(F)(F)Oc1ccccc1OCC1(CS)CCCCC1. The minimum absolute atomic E-state index is 0.0489. The van der Waals surface area contributed by atoms with Crippen LogP contribution in [0.15, 0.2) is 24.3 Å². The molecule has 0 amide bonds. The molecule has 1 fully saturated rings. The molecular weight excluding hydrogens is 301 g/mol. The zero-order valence-corrected chi connectivity index (χ0v) is 12.6. The average Bonchev–Trinajstić information content (AvgIpc) is 2.46. The minimum atomic E-state index is -4.72. The lowest BCUT2D eigenvalue weighted by atomic mass is 9.76. The molecule has 0 unspecified atom stereocenters. The molecule has 118 valence electrons. The van der Waals surface area contributed by atoms with Crippen molar-refractivity contribution in [1.82, 2.24) is 0 Å². The van der Waals surface area contributed by atoms with Gasteiger partial charge in [0.1, 0.15) is 0 Å². The molecule has 0 atom stereocenters. The molecule has 2 rings (SSSR count). The van der Waals surface area contributed by atoms with Crippen molar-refractivity contribution >= 4 is 12.6 Å². The lowest BCUT2D eigenvalue weighted by Crippen LogP contribution is -2.33. The third-order valence-electron chi connectivity index (χ3n) is 3.86. The average molecular weight is 320 g/mol. The molecule has 0 N–H and O–H groups in total. The Hall–Kier alpha value is -1.04. The summed E-state index contributed by atoms with van der Waals surface area (Å²) >= 11 is 4.40. The van der Waals surface area contributed by atoms with Gasteiger partial charge in [0.15, 0.2) is 11.5 Å². The maximum absolute atomic E-state index is 12.4. The van der Waals surface area contributed by atoms with Gasteiger partial charge in [-0.05, 0) is 30.7 Å². The highest BCUT2D eigenvalue weighted by molar-refractivity contribution is 7.80. The Morgan fingerprint density at radius 2 is 1.67 bits per heavy atom. The molecule has 0 aromatic heterocycles. The van der Waals surface area contributed by atoms with Crippen LogP contribution in [0.2, 0.25) is 0 Å². The van der Waals surface area contributed by atoms with Gasteiger partial charge in [-0.2, -0.15) is 12.6 Å². The Labute approximate surface area is 128 Å². The molecule has 0 heterocycles. The van der Waals surface area contributed by atoms with E-state index in [1.807, 2.05) is 0 Å². The molecule has 0 aliphatic heterocycles. The van der Waals surface area contributed by atoms with Gasteiger partial charge < -0.3 is 9.47 Å². The Bertz CT molecular complexity index is 456. The Morgan fingerprint density at radius 1 is 1.05 bits per heavy atom. The summed E-state index contributed by atoms with van der Waals surface area (Å²) in [5.74, 6) is 0.506. The van der Waals surface area contributed by atoms with Crippen LogP contribution in [0.4, 0.5) is 13.2 Å². The van der Waals surface area contributed by atoms with E-state index in [4.69, 9.17) is 4.74 Å². The number of rotatable bonds is 5. The van der Waals surface area contributed by atoms with Crippen LogP contribution in [-0.2, 0) is 0 Å². The van der Waals surface area contributed by atoms with E-state index in [9.17, 15) is 13.2 Å². The van der Waals surface area contributed by atoms with E-state index in [1.165, 1.54) is 24.6 Å². The van der Waals surface area contributed by atoms with Gasteiger partial charge in [-0.15, -0.1) is 13.2 Å². The molecule has 1 aliphatic carbocycles. The Kier molecular flexibility index (Phi) is 5.30. The van der Waals surface area contributed by atoms with Gasteiger partial charge in [-0.25, -0.2) is 0 Å². The molecule has 21 heavy (non-hydrogen) atoms. The second kappa shape index (κ2) is 6.81. The molecule has 0 bridgehead atoms. The van der Waals surface area contributed by atoms with Crippen molar-refractivity contribution in [3.63, 3.8) is 0 Å². The molecule has 0 radical (unpaired) electrons. The highest BCUT2D eigenvalue weighted by Gasteiger charge is 2.34. The summed E-state index contributed by atoms with van der Waals surface area (Å²) in [6.07, 6.45) is 0.710. The number of benzene rings is 1. The van der Waals surface area contributed by atoms with Crippen molar-refractivity contribution in [3.05, 3.63) is 24.3 Å². The topological polar surface area (TPSA) is 18.5 Å². The van der Waals surface area contributed by atoms with Crippen molar-refractivity contribution in [2.24, 2.45) is 5.41 Å². The predicted molar refractivity (Wildman–Crippen MR) is 78.0 cm³/mol. The van der Waals surface area contributed by atoms with Gasteiger partial charge in [0.05, 0.1) is 6.61 Å². The molecule has 2 nitrogen and oxygen atoms in total. The van der Waals surface area contributed by atoms with Crippen LogP contribution in [0.25, 0.3) is 0 Å². The second-order valence-electron chi connectivity index (χ2n) is 5.50. The van der Waals surface area contributed by atoms with E-state index in [1.54, 1.807) is 6.07 Å². The first-order valence-corrected chi connectivity index (χ1v) is 7.66. The fraction of sp³-hybridized carbons (Fsp3) is 0.600. The summed E-state index contributed by atoms with van der Waals surface area (Å²) in [5.41, 5.74) is -0.0489. The van der Waals surface area contributed by atoms with E-state index >= 15 is 0 Å². The van der Waals surface area contributed by atoms with Gasteiger partial charge in [0.2, 0.25) is 0 Å². The number of ether oxygens (including phenoxy) is 2. The standard InChI is InChI=1S/C15H19F3O2S/c16-15(17,18)20-13-7-3-2-6-12(13)19-10-14(11-21)8-4-1-5-9-14/h2-3,6-7,21H,1,4-5,8-11H2. The number of alkyl halides is 3. The number of halogens is 3. The second-order valence-corrected chi connectivity index (χ2v) is 5.82. The van der Waals surface area contributed by atoms with E-state index < -0.39 is 6.36 Å².